The lowest BCUT2D eigenvalue weighted by molar-refractivity contribution is 0.247. The fourth-order valence-corrected chi connectivity index (χ4v) is 21.3. The Morgan fingerprint density at radius 3 is 1.53 bits per heavy atom. The number of hydrogen-bond donors (Lipinski definition) is 0. The minimum Gasteiger partial charge on any atom is -0.461 e. The van der Waals surface area contributed by atoms with Crippen LogP contribution in [0.4, 0.5) is 0 Å². The van der Waals surface area contributed by atoms with Gasteiger partial charge in [0.25, 0.3) is 0 Å². The Labute approximate surface area is 698 Å². The lowest BCUT2D eigenvalue weighted by Crippen LogP contribution is -2.43. The number of benzene rings is 13. The molecule has 6 heteroatoms. The van der Waals surface area contributed by atoms with E-state index in [9.17, 15) is 0 Å². The molecule has 2 aliphatic heterocycles. The zero-order chi connectivity index (χ0) is 79.0. The van der Waals surface area contributed by atoms with E-state index in [-0.39, 0.29) is 5.92 Å². The lowest BCUT2D eigenvalue weighted by atomic mass is 9.58. The Hall–Kier alpha value is -14.7. The number of para-hydroxylation sites is 1. The van der Waals surface area contributed by atoms with E-state index in [1.165, 1.54) is 77.2 Å². The SMILES string of the molecule is C1=CCC2C(=C1)Oc1cc(-c3ccccc3-c3nc(-c4ccccc4)cc(-c4ccc5c(c4)=CCC4C=CC=CC=54)n3)ccc1C21C2=C(C=CCC2)c2c(-c3cccc(-c4cccc(-c5cc(-c6cccc(-c7ccccc7)c6)nc(-c6ccccc6-c6ccc7c(c6)Oc6ccccc6C76C7=C(C=CCC7)c7ccccc76)n5)c4)c3)cccc21. The second kappa shape index (κ2) is 28.0. The number of rotatable bonds is 11. The van der Waals surface area contributed by atoms with Gasteiger partial charge < -0.3 is 9.47 Å². The summed E-state index contributed by atoms with van der Waals surface area (Å²) in [5, 5.41) is 2.53. The van der Waals surface area contributed by atoms with Gasteiger partial charge in [0.1, 0.15) is 23.0 Å². The van der Waals surface area contributed by atoms with Gasteiger partial charge in [0.15, 0.2) is 11.6 Å². The number of nitrogens with zero attached hydrogens (tertiary/aromatic N) is 4. The van der Waals surface area contributed by atoms with Crippen molar-refractivity contribution >= 4 is 22.8 Å². The Bertz CT molecular complexity index is 7310. The van der Waals surface area contributed by atoms with E-state index < -0.39 is 10.8 Å². The zero-order valence-electron chi connectivity index (χ0n) is 66.0. The molecule has 2 spiro atoms. The predicted octanol–water partition coefficient (Wildman–Crippen LogP) is 26.5. The van der Waals surface area contributed by atoms with E-state index in [2.05, 4.69) is 388 Å². The van der Waals surface area contributed by atoms with Gasteiger partial charge in [-0.2, -0.15) is 0 Å². The van der Waals surface area contributed by atoms with Gasteiger partial charge in [0, 0.05) is 61.9 Å². The molecule has 0 bridgehead atoms. The topological polar surface area (TPSA) is 70.0 Å². The number of aromatic nitrogens is 4. The summed E-state index contributed by atoms with van der Waals surface area (Å²) in [4.78, 5) is 22.2. The molecule has 7 aliphatic carbocycles. The van der Waals surface area contributed by atoms with Crippen molar-refractivity contribution in [3.05, 3.63) is 449 Å². The van der Waals surface area contributed by atoms with Crippen LogP contribution in [0.25, 0.3) is 146 Å². The molecule has 0 amide bonds. The van der Waals surface area contributed by atoms with E-state index in [1.54, 1.807) is 0 Å². The maximum atomic E-state index is 7.35. The fourth-order valence-electron chi connectivity index (χ4n) is 21.3. The first kappa shape index (κ1) is 69.6. The van der Waals surface area contributed by atoms with Crippen molar-refractivity contribution in [2.75, 3.05) is 0 Å². The van der Waals surface area contributed by atoms with Crippen molar-refractivity contribution in [3.8, 4) is 141 Å². The highest BCUT2D eigenvalue weighted by Crippen LogP contribution is 2.67. The molecule has 2 aromatic heterocycles. The molecule has 4 heterocycles. The van der Waals surface area contributed by atoms with Crippen LogP contribution in [0.3, 0.4) is 0 Å². The van der Waals surface area contributed by atoms with Crippen LogP contribution in [-0.2, 0) is 10.8 Å². The largest absolute Gasteiger partial charge is 0.461 e. The van der Waals surface area contributed by atoms with Crippen LogP contribution < -0.4 is 19.9 Å². The fraction of sp³-hybridized carbons (Fsp3) is 0.0877. The van der Waals surface area contributed by atoms with Crippen molar-refractivity contribution in [1.82, 2.24) is 19.9 Å². The highest BCUT2D eigenvalue weighted by atomic mass is 16.5. The van der Waals surface area contributed by atoms with Gasteiger partial charge in [-0.05, 0) is 215 Å². The highest BCUT2D eigenvalue weighted by molar-refractivity contribution is 5.99. The van der Waals surface area contributed by atoms with E-state index >= 15 is 0 Å². The van der Waals surface area contributed by atoms with Gasteiger partial charge >= 0.3 is 0 Å². The average molecular weight is 1540 g/mol. The van der Waals surface area contributed by atoms with Gasteiger partial charge in [-0.25, -0.2) is 19.9 Å². The smallest absolute Gasteiger partial charge is 0.161 e. The number of fused-ring (bicyclic) bond motifs is 18. The molecule has 120 heavy (non-hydrogen) atoms. The number of allylic oxidation sites excluding steroid dienone is 16. The average Bonchev–Trinajstić information content (AvgIpc) is 1.50. The van der Waals surface area contributed by atoms with Gasteiger partial charge in [0.05, 0.1) is 33.6 Å². The summed E-state index contributed by atoms with van der Waals surface area (Å²) in [6.07, 6.45) is 33.2. The Morgan fingerprint density at radius 1 is 0.317 bits per heavy atom. The van der Waals surface area contributed by atoms with Gasteiger partial charge in [-0.3, -0.25) is 0 Å². The van der Waals surface area contributed by atoms with Gasteiger partial charge in [-0.15, -0.1) is 0 Å². The summed E-state index contributed by atoms with van der Waals surface area (Å²) in [6, 6.07) is 115. The molecule has 0 N–H and O–H groups in total. The Morgan fingerprint density at radius 2 is 0.825 bits per heavy atom. The molecular weight excluding hydrogens is 1460 g/mol. The standard InChI is InChI=1S/C114H78N4O2/c1-3-27-71(28-4-1)74-32-24-36-81(64-74)103-70-104(117-112(116-103)92-44-12-10-40-86(92)79-58-61-99-108(67-79)119-106-53-21-19-50-97(106)113(99)94-47-16-13-41-89(94)90-42-14-17-48-95(90)113)82-37-25-34-76(65-82)75-33-23-35-77(63-75)88-46-26-52-101-110(88)93-45-15-18-49-96(93)114(101)98-51-20-22-54-107(98)120-109-68-80(59-62-100(109)114)85-39-9-11-43-91(85)111-115-102(73-30-5-2-6-31-73)69-105(118-111)83-57-60-87-78(66-83)56-55-72-29-7-8-38-84(72)87/h1-16,19-47,50,52-54,56-70,72,98H,17-18,48-49,51,55H2. The van der Waals surface area contributed by atoms with E-state index in [0.29, 0.717) is 17.6 Å². The summed E-state index contributed by atoms with van der Waals surface area (Å²) in [5.74, 6) is 5.35. The van der Waals surface area contributed by atoms with Gasteiger partial charge in [0.2, 0.25) is 0 Å². The van der Waals surface area contributed by atoms with Crippen LogP contribution >= 0.6 is 0 Å². The molecule has 4 unspecified atom stereocenters. The monoisotopic (exact) mass is 1530 g/mol. The Balaban J connectivity index is 0.601. The summed E-state index contributed by atoms with van der Waals surface area (Å²) < 4.78 is 14.5. The molecule has 0 saturated heterocycles. The highest BCUT2D eigenvalue weighted by Gasteiger charge is 2.57. The van der Waals surface area contributed by atoms with E-state index in [1.807, 2.05) is 0 Å². The molecular formula is C114H78N4O2. The lowest BCUT2D eigenvalue weighted by Gasteiger charge is -2.47. The third-order valence-electron chi connectivity index (χ3n) is 26.6. The third-order valence-corrected chi connectivity index (χ3v) is 26.6. The molecule has 0 saturated carbocycles. The number of hydrogen-bond acceptors (Lipinski definition) is 6. The van der Waals surface area contributed by atoms with Crippen LogP contribution in [0, 0.1) is 11.8 Å². The minimum absolute atomic E-state index is 0.0331. The van der Waals surface area contributed by atoms with Crippen molar-refractivity contribution in [3.63, 3.8) is 0 Å². The summed E-state index contributed by atoms with van der Waals surface area (Å²) >= 11 is 0. The normalized spacial score (nSPS) is 18.7. The first-order valence-electron chi connectivity index (χ1n) is 42.2. The third kappa shape index (κ3) is 11.0. The predicted molar refractivity (Wildman–Crippen MR) is 488 cm³/mol. The maximum Gasteiger partial charge on any atom is 0.161 e. The first-order chi connectivity index (χ1) is 59.4. The summed E-state index contributed by atoms with van der Waals surface area (Å²) in [5.41, 5.74) is 35.0. The quantitative estimate of drug-likeness (QED) is 0.129. The van der Waals surface area contributed by atoms with Crippen molar-refractivity contribution in [2.45, 2.75) is 49.4 Å². The molecule has 6 nitrogen and oxygen atoms in total. The molecule has 9 aliphatic rings. The Kier molecular flexibility index (Phi) is 16.2. The van der Waals surface area contributed by atoms with Crippen molar-refractivity contribution < 1.29 is 9.47 Å². The van der Waals surface area contributed by atoms with Crippen LogP contribution in [0.1, 0.15) is 77.5 Å². The maximum absolute atomic E-state index is 7.35. The molecule has 0 radical (unpaired) electrons. The molecule has 24 rings (SSSR count). The van der Waals surface area contributed by atoms with Crippen LogP contribution in [0.5, 0.6) is 17.2 Å². The van der Waals surface area contributed by atoms with Gasteiger partial charge in [-0.1, -0.05) is 328 Å². The summed E-state index contributed by atoms with van der Waals surface area (Å²) in [6.45, 7) is 0. The molecule has 13 aromatic carbocycles. The minimum atomic E-state index is -0.515. The number of ether oxygens (including phenoxy) is 2. The second-order valence-corrected chi connectivity index (χ2v) is 32.9. The molecule has 566 valence electrons. The zero-order valence-corrected chi connectivity index (χ0v) is 66.0. The molecule has 0 fully saturated rings. The molecule has 4 atom stereocenters. The second-order valence-electron chi connectivity index (χ2n) is 32.9. The van der Waals surface area contributed by atoms with E-state index in [0.717, 1.165) is 173 Å². The van der Waals surface area contributed by atoms with Crippen molar-refractivity contribution in [1.29, 1.82) is 0 Å². The summed E-state index contributed by atoms with van der Waals surface area (Å²) in [7, 11) is 0. The van der Waals surface area contributed by atoms with E-state index in [4.69, 9.17) is 29.4 Å². The van der Waals surface area contributed by atoms with Crippen molar-refractivity contribution in [2.24, 2.45) is 11.8 Å². The first-order valence-corrected chi connectivity index (χ1v) is 42.2. The molecule has 15 aromatic rings. The van der Waals surface area contributed by atoms with Crippen LogP contribution in [0.2, 0.25) is 0 Å². The van der Waals surface area contributed by atoms with Crippen LogP contribution in [0.15, 0.2) is 399 Å². The van der Waals surface area contributed by atoms with Crippen LogP contribution in [-0.4, -0.2) is 19.9 Å².